The number of aliphatic carboxylic acids is 4. The van der Waals surface area contributed by atoms with Gasteiger partial charge in [0.1, 0.15) is 36.8 Å². The van der Waals surface area contributed by atoms with Crippen LogP contribution in [-0.2, 0) is 73.9 Å². The smallest absolute Gasteiger partial charge is 0.411 e. The van der Waals surface area contributed by atoms with Crippen LogP contribution in [-0.4, -0.2) is 180 Å². The molecule has 0 aromatic heterocycles. The number of benzene rings is 6. The Morgan fingerprint density at radius 3 is 1.07 bits per heavy atom. The van der Waals surface area contributed by atoms with E-state index in [4.69, 9.17) is 60.2 Å². The van der Waals surface area contributed by atoms with Crippen LogP contribution in [0.2, 0.25) is 0 Å². The van der Waals surface area contributed by atoms with Crippen LogP contribution < -0.4 is 42.2 Å². The number of carboxylic acids is 4. The first-order valence-electron chi connectivity index (χ1n) is 29.9. The van der Waals surface area contributed by atoms with Crippen molar-refractivity contribution in [2.24, 2.45) is 11.5 Å². The van der Waals surface area contributed by atoms with Crippen molar-refractivity contribution in [2.75, 3.05) is 76.6 Å². The Kier molecular flexibility index (Phi) is 29.9. The zero-order valence-electron chi connectivity index (χ0n) is 52.5. The van der Waals surface area contributed by atoms with E-state index < -0.39 is 97.8 Å². The second-order valence-electron chi connectivity index (χ2n) is 20.9. The lowest BCUT2D eigenvalue weighted by atomic mass is 10.1. The average Bonchev–Trinajstić information content (AvgIpc) is 0.856. The van der Waals surface area contributed by atoms with Crippen LogP contribution in [0.1, 0.15) is 76.5 Å². The fourth-order valence-electron chi connectivity index (χ4n) is 8.84. The highest BCUT2D eigenvalue weighted by atomic mass is 16.6. The van der Waals surface area contributed by atoms with Gasteiger partial charge in [-0.1, -0.05) is 48.5 Å². The maximum atomic E-state index is 13.5. The molecule has 0 spiro atoms. The molecular weight excluding hydrogens is 1280 g/mol. The van der Waals surface area contributed by atoms with Gasteiger partial charge in [-0.3, -0.25) is 39.8 Å². The molecule has 0 heterocycles. The molecule has 0 aliphatic rings. The topological polar surface area (TPSA) is 480 Å². The van der Waals surface area contributed by atoms with Gasteiger partial charge in [-0.25, -0.2) is 28.8 Å². The molecule has 32 heteroatoms. The number of guanidine groups is 2. The number of carbonyl (C=O) groups is 10. The number of hydrogen-bond donors (Lipinski definition) is 12. The number of ether oxygens (including phenoxy) is 8. The number of esters is 2. The van der Waals surface area contributed by atoms with Gasteiger partial charge >= 0.3 is 48.0 Å². The molecule has 0 radical (unpaired) electrons. The summed E-state index contributed by atoms with van der Waals surface area (Å²) in [6.07, 6.45) is -4.23. The number of amides is 4. The fourth-order valence-corrected chi connectivity index (χ4v) is 8.84. The quantitative estimate of drug-likeness (QED) is 0.00785. The van der Waals surface area contributed by atoms with Crippen molar-refractivity contribution < 1.29 is 106 Å². The molecule has 2 atom stereocenters. The van der Waals surface area contributed by atoms with E-state index in [1.165, 1.54) is 146 Å². The molecule has 0 aliphatic carbocycles. The predicted molar refractivity (Wildman–Crippen MR) is 346 cm³/mol. The van der Waals surface area contributed by atoms with Crippen LogP contribution in [0.5, 0.6) is 11.5 Å². The predicted octanol–water partition coefficient (Wildman–Crippen LogP) is 5.10. The monoisotopic (exact) mass is 1360 g/mol. The summed E-state index contributed by atoms with van der Waals surface area (Å²) >= 11 is 0. The van der Waals surface area contributed by atoms with Crippen molar-refractivity contribution in [1.29, 1.82) is 10.8 Å². The van der Waals surface area contributed by atoms with E-state index >= 15 is 0 Å². The molecule has 0 bridgehead atoms. The lowest BCUT2D eigenvalue weighted by molar-refractivity contribution is -0.149. The summed E-state index contributed by atoms with van der Waals surface area (Å²) in [6, 6.07) is 32.0. The molecule has 6 aromatic carbocycles. The number of anilines is 2. The first-order chi connectivity index (χ1) is 47.0. The highest BCUT2D eigenvalue weighted by molar-refractivity contribution is 5.96. The lowest BCUT2D eigenvalue weighted by Gasteiger charge is -2.27. The molecule has 0 saturated heterocycles. The van der Waals surface area contributed by atoms with Crippen LogP contribution >= 0.6 is 0 Å². The van der Waals surface area contributed by atoms with E-state index in [0.29, 0.717) is 22.5 Å². The molecule has 0 fully saturated rings. The fraction of sp³-hybridized carbons (Fsp3) is 0.273. The van der Waals surface area contributed by atoms with Gasteiger partial charge in [-0.2, -0.15) is 0 Å². The Morgan fingerprint density at radius 1 is 0.418 bits per heavy atom. The molecule has 14 N–H and O–H groups in total. The highest BCUT2D eigenvalue weighted by Crippen LogP contribution is 2.22. The molecule has 0 unspecified atom stereocenters. The number of nitrogens with zero attached hydrogens (tertiary/aromatic N) is 2. The zero-order valence-corrected chi connectivity index (χ0v) is 52.5. The number of carbonyl (C=O) groups excluding carboxylic acids is 6. The van der Waals surface area contributed by atoms with Gasteiger partial charge in [0, 0.05) is 48.7 Å². The third-order valence-corrected chi connectivity index (χ3v) is 13.6. The third-order valence-electron chi connectivity index (χ3n) is 13.6. The zero-order chi connectivity index (χ0) is 70.9. The minimum Gasteiger partial charge on any atom is -0.481 e. The molecule has 518 valence electrons. The van der Waals surface area contributed by atoms with E-state index in [1.54, 1.807) is 0 Å². The standard InChI is InChI=1S/C66H72N10O22/c67-63(68)73-49-15-11-45(12-16-49)61(87)97-51-19-7-41(8-20-51)39-95-65(89)75(53(59(83)84)35-55(77)78)37-43-3-1-5-47(33-43)57(81)71-23-25-91-27-29-93-31-32-94-30-28-92-26-24-72-58(82)48-6-2-4-44(34-48)38-76(54(60(85)86)36-56(79)80)66(90)96-40-42-9-21-52(22-10-42)98-62(88)46-13-17-50(18-14-46)74-64(69)70/h1-22,33-34,53-54H,23-32,35-40H2,(H,71,81)(H,72,82)(H,77,78)(H,79,80)(H,83,84)(H,85,86)(H4,67,68,73)(H4,69,70,74)/t53-,54-/m0/s1. The lowest BCUT2D eigenvalue weighted by Crippen LogP contribution is -2.46. The maximum absolute atomic E-state index is 13.5. The molecular formula is C66H72N10O22. The average molecular weight is 1360 g/mol. The first-order valence-corrected chi connectivity index (χ1v) is 29.9. The maximum Gasteiger partial charge on any atom is 0.411 e. The van der Waals surface area contributed by atoms with Crippen LogP contribution in [0.25, 0.3) is 0 Å². The van der Waals surface area contributed by atoms with Gasteiger partial charge in [0.2, 0.25) is 0 Å². The number of nitrogens with one attached hydrogen (secondary N) is 6. The van der Waals surface area contributed by atoms with Crippen LogP contribution in [0.3, 0.4) is 0 Å². The van der Waals surface area contributed by atoms with Crippen LogP contribution in [0.15, 0.2) is 146 Å². The van der Waals surface area contributed by atoms with Crippen molar-refractivity contribution in [3.63, 3.8) is 0 Å². The molecule has 98 heavy (non-hydrogen) atoms. The van der Waals surface area contributed by atoms with Gasteiger partial charge in [-0.05, 0) is 119 Å². The van der Waals surface area contributed by atoms with Crippen molar-refractivity contribution in [1.82, 2.24) is 20.4 Å². The molecule has 32 nitrogen and oxygen atoms in total. The van der Waals surface area contributed by atoms with Crippen molar-refractivity contribution in [2.45, 2.75) is 51.2 Å². The SMILES string of the molecule is N=C(N)Nc1ccc(C(=O)Oc2ccc(COC(=O)N(Cc3cccc(C(=O)NCCOCCOCCOCCOCCNC(=O)c4cccc(CN(C(=O)OCc5ccc(OC(=O)c6ccc(NC(=N)N)cc6)cc5)[C@@H](CC(=O)O)C(=O)O)c4)c3)[C@@H](CC(=O)O)C(=O)O)cc2)cc1. The summed E-state index contributed by atoms with van der Waals surface area (Å²) < 4.78 is 43.8. The molecule has 4 amide bonds. The van der Waals surface area contributed by atoms with Gasteiger partial charge in [-0.15, -0.1) is 0 Å². The Morgan fingerprint density at radius 2 is 0.755 bits per heavy atom. The summed E-state index contributed by atoms with van der Waals surface area (Å²) in [5, 5.41) is 64.2. The molecule has 0 saturated carbocycles. The van der Waals surface area contributed by atoms with Gasteiger partial charge < -0.3 is 91.1 Å². The summed E-state index contributed by atoms with van der Waals surface area (Å²) in [7, 11) is 0. The van der Waals surface area contributed by atoms with E-state index in [1.807, 2.05) is 0 Å². The van der Waals surface area contributed by atoms with Crippen molar-refractivity contribution in [3.8, 4) is 11.5 Å². The van der Waals surface area contributed by atoms with E-state index in [9.17, 15) is 68.4 Å². The van der Waals surface area contributed by atoms with Crippen molar-refractivity contribution >= 4 is 83.1 Å². The van der Waals surface area contributed by atoms with E-state index in [0.717, 1.165) is 9.80 Å². The number of carboxylic acid groups (broad SMARTS) is 4. The minimum atomic E-state index is -1.85. The van der Waals surface area contributed by atoms with E-state index in [-0.39, 0.29) is 136 Å². The first kappa shape index (κ1) is 75.0. The molecule has 6 aromatic rings. The highest BCUT2D eigenvalue weighted by Gasteiger charge is 2.35. The largest absolute Gasteiger partial charge is 0.481 e. The Balaban J connectivity index is 0.834. The third kappa shape index (κ3) is 26.1. The van der Waals surface area contributed by atoms with E-state index in [2.05, 4.69) is 21.3 Å². The van der Waals surface area contributed by atoms with Crippen LogP contribution in [0.4, 0.5) is 21.0 Å². The van der Waals surface area contributed by atoms with Gasteiger partial charge in [0.25, 0.3) is 11.8 Å². The summed E-state index contributed by atoms with van der Waals surface area (Å²) in [5.74, 6) is -8.81. The normalized spacial score (nSPS) is 11.3. The molecule has 6 rings (SSSR count). The summed E-state index contributed by atoms with van der Waals surface area (Å²) in [4.78, 5) is 128. The van der Waals surface area contributed by atoms with Gasteiger partial charge in [0.15, 0.2) is 11.9 Å². The van der Waals surface area contributed by atoms with Crippen molar-refractivity contribution in [3.05, 3.63) is 190 Å². The van der Waals surface area contributed by atoms with Crippen LogP contribution in [0, 0.1) is 10.8 Å². The second kappa shape index (κ2) is 39.0. The Bertz CT molecular complexity index is 3500. The minimum absolute atomic E-state index is 0.0977. The Labute approximate surface area is 559 Å². The summed E-state index contributed by atoms with van der Waals surface area (Å²) in [6.45, 7) is 0.0467. The summed E-state index contributed by atoms with van der Waals surface area (Å²) in [5.41, 5.74) is 13.8. The molecule has 0 aliphatic heterocycles. The number of rotatable bonds is 39. The Hall–Kier alpha value is -12.0. The van der Waals surface area contributed by atoms with Gasteiger partial charge in [0.05, 0.1) is 76.8 Å². The number of nitrogens with two attached hydrogens (primary N) is 2. The number of hydrogen-bond acceptors (Lipinski definition) is 20. The second-order valence-corrected chi connectivity index (χ2v) is 20.9.